The molecule has 0 unspecified atom stereocenters. The van der Waals surface area contributed by atoms with Crippen molar-refractivity contribution in [3.8, 4) is 28.3 Å². The number of ether oxygens (including phenoxy) is 1. The molecule has 11 heteroatoms. The Kier molecular flexibility index (Phi) is 10.6. The number of nitrogens with zero attached hydrogens (tertiary/aromatic N) is 7. The van der Waals surface area contributed by atoms with E-state index in [1.807, 2.05) is 66.7 Å². The van der Waals surface area contributed by atoms with E-state index in [0.29, 0.717) is 42.3 Å². The summed E-state index contributed by atoms with van der Waals surface area (Å²) >= 11 is 0. The summed E-state index contributed by atoms with van der Waals surface area (Å²) < 4.78 is 5.29. The van der Waals surface area contributed by atoms with Crippen LogP contribution < -0.4 is 20.3 Å². The molecule has 2 aromatic carbocycles. The molecule has 1 aliphatic carbocycles. The van der Waals surface area contributed by atoms with E-state index in [1.165, 1.54) is 12.8 Å². The second-order valence-corrected chi connectivity index (χ2v) is 12.3. The molecule has 1 saturated carbocycles. The van der Waals surface area contributed by atoms with Gasteiger partial charge in [0.15, 0.2) is 0 Å². The minimum absolute atomic E-state index is 0.0482. The Bertz CT molecular complexity index is 1820. The zero-order chi connectivity index (χ0) is 34.2. The Hall–Kier alpha value is -5.58. The molecule has 2 aromatic heterocycles. The van der Waals surface area contributed by atoms with Gasteiger partial charge in [-0.15, -0.1) is 0 Å². The lowest BCUT2D eigenvalue weighted by molar-refractivity contribution is 0.0794. The predicted molar refractivity (Wildman–Crippen MR) is 192 cm³/mol. The normalized spacial score (nSPS) is 14.8. The van der Waals surface area contributed by atoms with E-state index in [4.69, 9.17) is 15.5 Å². The average Bonchev–Trinajstić information content (AvgIpc) is 3.53. The number of hydrogen-bond acceptors (Lipinski definition) is 9. The monoisotopic (exact) mass is 658 g/mol. The van der Waals surface area contributed by atoms with Crippen molar-refractivity contribution < 1.29 is 14.3 Å². The van der Waals surface area contributed by atoms with Gasteiger partial charge >= 0.3 is 0 Å². The summed E-state index contributed by atoms with van der Waals surface area (Å²) in [7, 11) is 1.62. The van der Waals surface area contributed by atoms with Crippen LogP contribution in [0, 0.1) is 5.92 Å². The molecule has 252 valence electrons. The molecular formula is C38H42N8O3. The highest BCUT2D eigenvalue weighted by Crippen LogP contribution is 2.32. The summed E-state index contributed by atoms with van der Waals surface area (Å²) in [5.41, 5.74) is 9.50. The first-order valence-electron chi connectivity index (χ1n) is 16.8. The number of carbonyl (C=O) groups excluding carboxylic acids is 2. The molecule has 0 bridgehead atoms. The third kappa shape index (κ3) is 8.48. The third-order valence-corrected chi connectivity index (χ3v) is 8.49. The molecular weight excluding hydrogens is 616 g/mol. The first-order chi connectivity index (χ1) is 23.9. The van der Waals surface area contributed by atoms with Gasteiger partial charge < -0.3 is 25.2 Å². The molecule has 0 atom stereocenters. The van der Waals surface area contributed by atoms with Crippen LogP contribution in [0.1, 0.15) is 47.2 Å². The minimum Gasteiger partial charge on any atom is -0.497 e. The fraction of sp³-hybridized carbons (Fsp3) is 0.316. The van der Waals surface area contributed by atoms with Crippen LogP contribution in [0.2, 0.25) is 0 Å². The van der Waals surface area contributed by atoms with Gasteiger partial charge in [0.1, 0.15) is 17.1 Å². The fourth-order valence-electron chi connectivity index (χ4n) is 5.68. The Balaban J connectivity index is 0.000000170. The van der Waals surface area contributed by atoms with Gasteiger partial charge in [-0.25, -0.2) is 19.9 Å². The maximum Gasteiger partial charge on any atom is 0.273 e. The molecule has 4 heterocycles. The average molecular weight is 659 g/mol. The highest BCUT2D eigenvalue weighted by molar-refractivity contribution is 5.94. The number of amides is 2. The van der Waals surface area contributed by atoms with Gasteiger partial charge in [0.05, 0.1) is 18.5 Å². The number of nitrogens with two attached hydrogens (primary N) is 1. The Morgan fingerprint density at radius 1 is 0.816 bits per heavy atom. The molecule has 0 saturated heterocycles. The number of anilines is 2. The summed E-state index contributed by atoms with van der Waals surface area (Å²) in [4.78, 5) is 48.9. The lowest BCUT2D eigenvalue weighted by atomic mass is 10.1. The molecule has 4 aromatic rings. The van der Waals surface area contributed by atoms with Gasteiger partial charge in [0.25, 0.3) is 11.8 Å². The van der Waals surface area contributed by atoms with Crippen LogP contribution in [0.3, 0.4) is 0 Å². The zero-order valence-electron chi connectivity index (χ0n) is 28.0. The lowest BCUT2D eigenvalue weighted by Crippen LogP contribution is -2.30. The molecule has 0 spiro atoms. The van der Waals surface area contributed by atoms with Crippen LogP contribution >= 0.6 is 0 Å². The van der Waals surface area contributed by atoms with Crippen molar-refractivity contribution in [2.24, 2.45) is 11.7 Å². The molecule has 7 rings (SSSR count). The van der Waals surface area contributed by atoms with E-state index < -0.39 is 5.91 Å². The molecule has 1 fully saturated rings. The van der Waals surface area contributed by atoms with E-state index in [0.717, 1.165) is 55.2 Å². The van der Waals surface area contributed by atoms with Gasteiger partial charge in [-0.2, -0.15) is 0 Å². The highest BCUT2D eigenvalue weighted by Gasteiger charge is 2.26. The molecule has 3 aliphatic rings. The van der Waals surface area contributed by atoms with Gasteiger partial charge in [-0.3, -0.25) is 9.59 Å². The van der Waals surface area contributed by atoms with Gasteiger partial charge in [-0.1, -0.05) is 73.7 Å². The number of carbonyl (C=O) groups is 2. The van der Waals surface area contributed by atoms with E-state index in [1.54, 1.807) is 24.1 Å². The van der Waals surface area contributed by atoms with E-state index in [9.17, 15) is 9.59 Å². The van der Waals surface area contributed by atoms with E-state index in [2.05, 4.69) is 43.8 Å². The molecule has 2 N–H and O–H groups in total. The SMILES string of the molecule is CCCN(CC1CC1)c1nc(C(N)=O)cc(-c2cccc(OC)c2)n1.O=C(c1cc(-c2ccccc2)nc(N2CC=CC2)n1)N1CC=CC1. The largest absolute Gasteiger partial charge is 0.497 e. The number of primary amides is 1. The minimum atomic E-state index is -0.546. The summed E-state index contributed by atoms with van der Waals surface area (Å²) in [5, 5.41) is 0. The lowest BCUT2D eigenvalue weighted by Gasteiger charge is -2.23. The number of aromatic nitrogens is 4. The van der Waals surface area contributed by atoms with Crippen LogP contribution in [0.15, 0.2) is 91.0 Å². The Morgan fingerprint density at radius 2 is 1.49 bits per heavy atom. The summed E-state index contributed by atoms with van der Waals surface area (Å²) in [5.74, 6) is 2.03. The first-order valence-corrected chi connectivity index (χ1v) is 16.8. The van der Waals surface area contributed by atoms with E-state index >= 15 is 0 Å². The van der Waals surface area contributed by atoms with Crippen molar-refractivity contribution in [3.05, 3.63) is 102 Å². The van der Waals surface area contributed by atoms with E-state index in [-0.39, 0.29) is 11.6 Å². The van der Waals surface area contributed by atoms with Crippen molar-refractivity contribution in [3.63, 3.8) is 0 Å². The van der Waals surface area contributed by atoms with Gasteiger partial charge in [0, 0.05) is 50.4 Å². The highest BCUT2D eigenvalue weighted by atomic mass is 16.5. The third-order valence-electron chi connectivity index (χ3n) is 8.49. The van der Waals surface area contributed by atoms with Crippen molar-refractivity contribution in [2.45, 2.75) is 26.2 Å². The van der Waals surface area contributed by atoms with Gasteiger partial charge in [-0.05, 0) is 49.4 Å². The number of methoxy groups -OCH3 is 1. The van der Waals surface area contributed by atoms with Gasteiger partial charge in [0.2, 0.25) is 11.9 Å². The topological polar surface area (TPSA) is 131 Å². The standard InChI is InChI=1S/C19H24N4O2.C19H18N4O/c1-3-9-23(12-13-7-8-13)19-21-16(11-17(22-19)18(20)24)14-5-4-6-15(10-14)25-2;24-18(22-10-4-5-11-22)17-14-16(15-8-2-1-3-9-15)20-19(21-17)23-12-6-7-13-23/h4-6,10-11,13H,3,7-9,12H2,1-2H3,(H2,20,24);1-9,14H,10-13H2. The van der Waals surface area contributed by atoms with Crippen LogP contribution in [0.25, 0.3) is 22.5 Å². The maximum atomic E-state index is 12.8. The molecule has 49 heavy (non-hydrogen) atoms. The van der Waals surface area contributed by atoms with Crippen LogP contribution in [-0.2, 0) is 0 Å². The summed E-state index contributed by atoms with van der Waals surface area (Å²) in [6.45, 7) is 6.74. The molecule has 11 nitrogen and oxygen atoms in total. The zero-order valence-corrected chi connectivity index (χ0v) is 28.0. The second-order valence-electron chi connectivity index (χ2n) is 12.3. The van der Waals surface area contributed by atoms with Crippen LogP contribution in [-0.4, -0.2) is 83.0 Å². The molecule has 2 amide bonds. The molecule has 2 aliphatic heterocycles. The maximum absolute atomic E-state index is 12.8. The van der Waals surface area contributed by atoms with Crippen molar-refractivity contribution in [2.75, 3.05) is 56.2 Å². The first kappa shape index (κ1) is 33.3. The Labute approximate surface area is 287 Å². The van der Waals surface area contributed by atoms with Crippen LogP contribution in [0.4, 0.5) is 11.9 Å². The van der Waals surface area contributed by atoms with Crippen molar-refractivity contribution in [1.29, 1.82) is 0 Å². The Morgan fingerprint density at radius 3 is 2.16 bits per heavy atom. The number of benzene rings is 2. The predicted octanol–water partition coefficient (Wildman–Crippen LogP) is 5.41. The van der Waals surface area contributed by atoms with Crippen molar-refractivity contribution in [1.82, 2.24) is 24.8 Å². The number of hydrogen-bond donors (Lipinski definition) is 1. The molecule has 0 radical (unpaired) electrons. The summed E-state index contributed by atoms with van der Waals surface area (Å²) in [6, 6.07) is 20.9. The number of rotatable bonds is 11. The quantitative estimate of drug-likeness (QED) is 0.210. The van der Waals surface area contributed by atoms with Crippen molar-refractivity contribution >= 4 is 23.7 Å². The fourth-order valence-corrected chi connectivity index (χ4v) is 5.68. The second kappa shape index (κ2) is 15.5. The smallest absolute Gasteiger partial charge is 0.273 e. The summed E-state index contributed by atoms with van der Waals surface area (Å²) in [6.07, 6.45) is 11.7. The van der Waals surface area contributed by atoms with Crippen LogP contribution in [0.5, 0.6) is 5.75 Å².